The van der Waals surface area contributed by atoms with Crippen LogP contribution in [0.2, 0.25) is 0 Å². The maximum Gasteiger partial charge on any atom is 0.108 e. The molecule has 0 spiro atoms. The van der Waals surface area contributed by atoms with Gasteiger partial charge in [0.25, 0.3) is 0 Å². The Morgan fingerprint density at radius 1 is 1.47 bits per heavy atom. The molecular weight excluding hydrogens is 230 g/mol. The molecule has 0 saturated heterocycles. The van der Waals surface area contributed by atoms with Crippen molar-refractivity contribution in [3.63, 3.8) is 0 Å². The fraction of sp³-hybridized carbons (Fsp3) is 0.714. The first kappa shape index (κ1) is 13.1. The molecule has 1 heterocycles. The molecule has 0 amide bonds. The number of rotatable bonds is 4. The lowest BCUT2D eigenvalue weighted by Crippen LogP contribution is -2.44. The fourth-order valence-electron chi connectivity index (χ4n) is 2.62. The standard InChI is InChI=1S/C14H23NOS/c1-11-6-3-4-7-12(11)15-10-14(2,16)13-8-5-9-17-13/h5,8-9,11-12,15-16H,3-4,6-7,10H2,1-2H3. The Labute approximate surface area is 108 Å². The van der Waals surface area contributed by atoms with E-state index < -0.39 is 5.60 Å². The molecule has 3 atom stereocenters. The molecule has 1 aliphatic carbocycles. The molecule has 3 unspecified atom stereocenters. The van der Waals surface area contributed by atoms with Gasteiger partial charge in [-0.15, -0.1) is 11.3 Å². The number of nitrogens with one attached hydrogen (secondary N) is 1. The molecule has 1 aromatic heterocycles. The van der Waals surface area contributed by atoms with Gasteiger partial charge in [-0.25, -0.2) is 0 Å². The molecule has 0 radical (unpaired) electrons. The Balaban J connectivity index is 1.88. The third-order valence-electron chi connectivity index (χ3n) is 3.87. The SMILES string of the molecule is CC1CCCCC1NCC(C)(O)c1cccs1. The largest absolute Gasteiger partial charge is 0.383 e. The van der Waals surface area contributed by atoms with Gasteiger partial charge in [0, 0.05) is 17.5 Å². The molecule has 96 valence electrons. The van der Waals surface area contributed by atoms with Gasteiger partial charge in [-0.2, -0.15) is 0 Å². The van der Waals surface area contributed by atoms with E-state index in [9.17, 15) is 5.11 Å². The van der Waals surface area contributed by atoms with Crippen molar-refractivity contribution in [2.24, 2.45) is 5.92 Å². The molecule has 1 saturated carbocycles. The molecule has 2 nitrogen and oxygen atoms in total. The first-order valence-electron chi connectivity index (χ1n) is 6.59. The summed E-state index contributed by atoms with van der Waals surface area (Å²) in [6.07, 6.45) is 5.25. The van der Waals surface area contributed by atoms with Crippen molar-refractivity contribution < 1.29 is 5.11 Å². The van der Waals surface area contributed by atoms with Crippen molar-refractivity contribution in [2.75, 3.05) is 6.54 Å². The third-order valence-corrected chi connectivity index (χ3v) is 4.99. The van der Waals surface area contributed by atoms with E-state index in [4.69, 9.17) is 0 Å². The molecule has 2 N–H and O–H groups in total. The first-order chi connectivity index (χ1) is 8.09. The van der Waals surface area contributed by atoms with E-state index in [0.717, 1.165) is 10.8 Å². The lowest BCUT2D eigenvalue weighted by molar-refractivity contribution is 0.0530. The second-order valence-electron chi connectivity index (χ2n) is 5.50. The van der Waals surface area contributed by atoms with Crippen molar-refractivity contribution in [3.8, 4) is 0 Å². The van der Waals surface area contributed by atoms with Crippen LogP contribution in [0.3, 0.4) is 0 Å². The predicted octanol–water partition coefficient (Wildman–Crippen LogP) is 3.12. The Bertz CT molecular complexity index is 334. The molecule has 0 aliphatic heterocycles. The number of aliphatic hydroxyl groups is 1. The quantitative estimate of drug-likeness (QED) is 0.864. The summed E-state index contributed by atoms with van der Waals surface area (Å²) in [6, 6.07) is 4.59. The van der Waals surface area contributed by atoms with Crippen LogP contribution in [0, 0.1) is 5.92 Å². The number of hydrogen-bond acceptors (Lipinski definition) is 3. The van der Waals surface area contributed by atoms with Crippen molar-refractivity contribution in [1.82, 2.24) is 5.32 Å². The summed E-state index contributed by atoms with van der Waals surface area (Å²) < 4.78 is 0. The lowest BCUT2D eigenvalue weighted by atomic mass is 9.85. The van der Waals surface area contributed by atoms with E-state index in [0.29, 0.717) is 12.6 Å². The first-order valence-corrected chi connectivity index (χ1v) is 7.47. The Morgan fingerprint density at radius 2 is 2.24 bits per heavy atom. The number of hydrogen-bond donors (Lipinski definition) is 2. The zero-order valence-corrected chi connectivity index (χ0v) is 11.6. The van der Waals surface area contributed by atoms with Gasteiger partial charge in [0.1, 0.15) is 5.60 Å². The van der Waals surface area contributed by atoms with E-state index in [1.54, 1.807) is 11.3 Å². The average Bonchev–Trinajstić information content (AvgIpc) is 2.82. The fourth-order valence-corrected chi connectivity index (χ4v) is 3.41. The van der Waals surface area contributed by atoms with Crippen molar-refractivity contribution in [3.05, 3.63) is 22.4 Å². The van der Waals surface area contributed by atoms with Crippen LogP contribution in [0.1, 0.15) is 44.4 Å². The zero-order chi connectivity index (χ0) is 12.3. The minimum atomic E-state index is -0.731. The Morgan fingerprint density at radius 3 is 2.88 bits per heavy atom. The summed E-state index contributed by atoms with van der Waals surface area (Å²) in [7, 11) is 0. The van der Waals surface area contributed by atoms with Crippen molar-refractivity contribution in [1.29, 1.82) is 0 Å². The van der Waals surface area contributed by atoms with Gasteiger partial charge in [0.2, 0.25) is 0 Å². The summed E-state index contributed by atoms with van der Waals surface area (Å²) in [5.41, 5.74) is -0.731. The van der Waals surface area contributed by atoms with Crippen LogP contribution in [0.4, 0.5) is 0 Å². The van der Waals surface area contributed by atoms with Gasteiger partial charge in [0.15, 0.2) is 0 Å². The molecule has 0 aromatic carbocycles. The topological polar surface area (TPSA) is 32.3 Å². The molecular formula is C14H23NOS. The minimum absolute atomic E-state index is 0.579. The van der Waals surface area contributed by atoms with Gasteiger partial charge >= 0.3 is 0 Å². The second kappa shape index (κ2) is 5.51. The van der Waals surface area contributed by atoms with Crippen LogP contribution in [0.25, 0.3) is 0 Å². The Kier molecular flexibility index (Phi) is 4.23. The molecule has 1 aromatic rings. The highest BCUT2D eigenvalue weighted by atomic mass is 32.1. The van der Waals surface area contributed by atoms with Crippen LogP contribution in [0.15, 0.2) is 17.5 Å². The summed E-state index contributed by atoms with van der Waals surface area (Å²) in [5.74, 6) is 0.739. The van der Waals surface area contributed by atoms with Crippen LogP contribution in [-0.4, -0.2) is 17.7 Å². The Hall–Kier alpha value is -0.380. The highest BCUT2D eigenvalue weighted by molar-refractivity contribution is 7.10. The molecule has 3 heteroatoms. The van der Waals surface area contributed by atoms with Gasteiger partial charge in [-0.1, -0.05) is 25.8 Å². The van der Waals surface area contributed by atoms with Gasteiger partial charge in [-0.3, -0.25) is 0 Å². The van der Waals surface area contributed by atoms with Crippen LogP contribution in [-0.2, 0) is 5.60 Å². The van der Waals surface area contributed by atoms with E-state index in [1.165, 1.54) is 25.7 Å². The summed E-state index contributed by atoms with van der Waals surface area (Å²) in [5, 5.41) is 16.0. The molecule has 1 aliphatic rings. The van der Waals surface area contributed by atoms with Crippen LogP contribution in [0.5, 0.6) is 0 Å². The molecule has 2 rings (SSSR count). The maximum atomic E-state index is 10.4. The second-order valence-corrected chi connectivity index (χ2v) is 6.45. The highest BCUT2D eigenvalue weighted by Crippen LogP contribution is 2.27. The normalized spacial score (nSPS) is 28.9. The maximum absolute atomic E-state index is 10.4. The van der Waals surface area contributed by atoms with Crippen LogP contribution >= 0.6 is 11.3 Å². The van der Waals surface area contributed by atoms with E-state index in [1.807, 2.05) is 24.4 Å². The molecule has 17 heavy (non-hydrogen) atoms. The summed E-state index contributed by atoms with van der Waals surface area (Å²) in [6.45, 7) is 4.87. The van der Waals surface area contributed by atoms with E-state index in [-0.39, 0.29) is 0 Å². The third kappa shape index (κ3) is 3.30. The van der Waals surface area contributed by atoms with E-state index >= 15 is 0 Å². The van der Waals surface area contributed by atoms with Gasteiger partial charge < -0.3 is 10.4 Å². The van der Waals surface area contributed by atoms with Gasteiger partial charge in [0.05, 0.1) is 0 Å². The van der Waals surface area contributed by atoms with Crippen LogP contribution < -0.4 is 5.32 Å². The van der Waals surface area contributed by atoms with Gasteiger partial charge in [-0.05, 0) is 37.1 Å². The zero-order valence-electron chi connectivity index (χ0n) is 10.8. The summed E-state index contributed by atoms with van der Waals surface area (Å²) >= 11 is 1.63. The lowest BCUT2D eigenvalue weighted by Gasteiger charge is -2.32. The molecule has 1 fully saturated rings. The van der Waals surface area contributed by atoms with E-state index in [2.05, 4.69) is 12.2 Å². The summed E-state index contributed by atoms with van der Waals surface area (Å²) in [4.78, 5) is 1.05. The monoisotopic (exact) mass is 253 g/mol. The highest BCUT2D eigenvalue weighted by Gasteiger charge is 2.27. The average molecular weight is 253 g/mol. The van der Waals surface area contributed by atoms with Crippen molar-refractivity contribution >= 4 is 11.3 Å². The minimum Gasteiger partial charge on any atom is -0.383 e. The molecule has 0 bridgehead atoms. The predicted molar refractivity (Wildman–Crippen MR) is 73.3 cm³/mol. The smallest absolute Gasteiger partial charge is 0.108 e. The number of thiophene rings is 1. The van der Waals surface area contributed by atoms with Crippen molar-refractivity contribution in [2.45, 2.75) is 51.2 Å².